The summed E-state index contributed by atoms with van der Waals surface area (Å²) >= 11 is 0. The number of H-pyrrole nitrogens is 1. The maximum atomic E-state index is 14.4. The Hall–Kier alpha value is -5.90. The van der Waals surface area contributed by atoms with Gasteiger partial charge >= 0.3 is 0 Å². The maximum Gasteiger partial charge on any atom is 0.268 e. The van der Waals surface area contributed by atoms with Crippen LogP contribution in [-0.2, 0) is 14.4 Å². The smallest absolute Gasteiger partial charge is 0.268 e. The molecule has 2 N–H and O–H groups in total. The standard InChI is InChI=1S/C36H33N5O5/c1-23(2)40(26-17-19-27(46-3)20-18-26)32(42)22-39-30-15-9-10-16-31(30)41(25-12-5-4-6-13-25)36(45)33(35(39)44)38-34(43)29-21-24-11-7-8-14-28(24)37-29/h4-21,23,33,37H,22H2,1-3H3,(H,38,43). The Kier molecular flexibility index (Phi) is 8.26. The van der Waals surface area contributed by atoms with Crippen LogP contribution in [0.4, 0.5) is 22.7 Å². The predicted molar refractivity (Wildman–Crippen MR) is 178 cm³/mol. The molecular weight excluding hydrogens is 582 g/mol. The number of ether oxygens (including phenoxy) is 1. The highest BCUT2D eigenvalue weighted by Crippen LogP contribution is 2.38. The van der Waals surface area contributed by atoms with Crippen LogP contribution in [0.2, 0.25) is 0 Å². The van der Waals surface area contributed by atoms with Gasteiger partial charge in [-0.2, -0.15) is 0 Å². The molecule has 0 aliphatic carbocycles. The molecule has 10 heteroatoms. The molecule has 4 aromatic carbocycles. The zero-order valence-corrected chi connectivity index (χ0v) is 25.6. The van der Waals surface area contributed by atoms with Crippen LogP contribution in [-0.4, -0.2) is 54.4 Å². The summed E-state index contributed by atoms with van der Waals surface area (Å²) in [4.78, 5) is 63.8. The Bertz CT molecular complexity index is 1890. The average Bonchev–Trinajstić information content (AvgIpc) is 3.49. The van der Waals surface area contributed by atoms with Crippen molar-refractivity contribution in [2.24, 2.45) is 0 Å². The van der Waals surface area contributed by atoms with Crippen molar-refractivity contribution in [3.05, 3.63) is 115 Å². The second kappa shape index (κ2) is 12.6. The number of aromatic amines is 1. The highest BCUT2D eigenvalue weighted by atomic mass is 16.5. The molecule has 0 spiro atoms. The minimum Gasteiger partial charge on any atom is -0.497 e. The normalized spacial score (nSPS) is 14.7. The summed E-state index contributed by atoms with van der Waals surface area (Å²) in [5, 5.41) is 3.49. The lowest BCUT2D eigenvalue weighted by Gasteiger charge is -2.31. The van der Waals surface area contributed by atoms with E-state index in [9.17, 15) is 19.2 Å². The predicted octanol–water partition coefficient (Wildman–Crippen LogP) is 5.43. The van der Waals surface area contributed by atoms with Gasteiger partial charge < -0.3 is 19.9 Å². The summed E-state index contributed by atoms with van der Waals surface area (Å²) in [7, 11) is 1.57. The number of anilines is 4. The molecule has 1 atom stereocenters. The molecule has 1 aliphatic rings. The van der Waals surface area contributed by atoms with Crippen LogP contribution in [0.5, 0.6) is 5.75 Å². The lowest BCUT2D eigenvalue weighted by Crippen LogP contribution is -2.56. The first-order chi connectivity index (χ1) is 22.3. The van der Waals surface area contributed by atoms with E-state index in [1.165, 1.54) is 9.80 Å². The highest BCUT2D eigenvalue weighted by molar-refractivity contribution is 6.25. The van der Waals surface area contributed by atoms with Crippen molar-refractivity contribution in [3.8, 4) is 5.75 Å². The molecule has 0 bridgehead atoms. The number of aromatic nitrogens is 1. The fraction of sp³-hybridized carbons (Fsp3) is 0.167. The van der Waals surface area contributed by atoms with Crippen LogP contribution >= 0.6 is 0 Å². The summed E-state index contributed by atoms with van der Waals surface area (Å²) in [6, 6.07) is 30.0. The van der Waals surface area contributed by atoms with Crippen LogP contribution < -0.4 is 24.8 Å². The lowest BCUT2D eigenvalue weighted by atomic mass is 10.1. The zero-order chi connectivity index (χ0) is 32.4. The Labute approximate surface area is 266 Å². The fourth-order valence-corrected chi connectivity index (χ4v) is 5.73. The molecule has 1 aliphatic heterocycles. The van der Waals surface area contributed by atoms with Gasteiger partial charge in [-0.1, -0.05) is 48.5 Å². The Morgan fingerprint density at radius 3 is 2.17 bits per heavy atom. The van der Waals surface area contributed by atoms with Crippen LogP contribution in [0, 0.1) is 0 Å². The van der Waals surface area contributed by atoms with Crippen molar-refractivity contribution >= 4 is 57.3 Å². The lowest BCUT2D eigenvalue weighted by molar-refractivity contribution is -0.129. The molecule has 6 rings (SSSR count). The van der Waals surface area contributed by atoms with E-state index in [0.29, 0.717) is 28.5 Å². The zero-order valence-electron chi connectivity index (χ0n) is 25.6. The van der Waals surface area contributed by atoms with Crippen molar-refractivity contribution in [2.45, 2.75) is 25.9 Å². The molecule has 1 aromatic heterocycles. The van der Waals surface area contributed by atoms with Gasteiger partial charge in [0.05, 0.1) is 18.5 Å². The second-order valence-corrected chi connectivity index (χ2v) is 11.2. The number of amides is 4. The summed E-state index contributed by atoms with van der Waals surface area (Å²) < 4.78 is 5.28. The van der Waals surface area contributed by atoms with E-state index in [0.717, 1.165) is 10.9 Å². The molecule has 0 fully saturated rings. The van der Waals surface area contributed by atoms with Gasteiger partial charge in [0.15, 0.2) is 6.04 Å². The molecule has 5 aromatic rings. The molecule has 0 saturated heterocycles. The molecule has 4 amide bonds. The van der Waals surface area contributed by atoms with E-state index in [2.05, 4.69) is 10.3 Å². The number of nitrogens with one attached hydrogen (secondary N) is 2. The van der Waals surface area contributed by atoms with E-state index < -0.39 is 23.8 Å². The molecule has 10 nitrogen and oxygen atoms in total. The summed E-state index contributed by atoms with van der Waals surface area (Å²) in [6.45, 7) is 3.38. The van der Waals surface area contributed by atoms with Gasteiger partial charge in [-0.3, -0.25) is 29.0 Å². The van der Waals surface area contributed by atoms with E-state index in [1.54, 1.807) is 90.9 Å². The van der Waals surface area contributed by atoms with Crippen LogP contribution in [0.15, 0.2) is 109 Å². The molecule has 232 valence electrons. The molecule has 1 unspecified atom stereocenters. The second-order valence-electron chi connectivity index (χ2n) is 11.2. The van der Waals surface area contributed by atoms with Crippen molar-refractivity contribution in [1.29, 1.82) is 0 Å². The first-order valence-corrected chi connectivity index (χ1v) is 14.9. The van der Waals surface area contributed by atoms with Crippen molar-refractivity contribution in [3.63, 3.8) is 0 Å². The maximum absolute atomic E-state index is 14.4. The first-order valence-electron chi connectivity index (χ1n) is 14.9. The van der Waals surface area contributed by atoms with Gasteiger partial charge in [-0.05, 0) is 74.5 Å². The molecule has 0 radical (unpaired) electrons. The number of para-hydroxylation sites is 4. The summed E-state index contributed by atoms with van der Waals surface area (Å²) in [6.07, 6.45) is 0. The van der Waals surface area contributed by atoms with Gasteiger partial charge in [0.2, 0.25) is 5.91 Å². The number of benzene rings is 4. The number of fused-ring (bicyclic) bond motifs is 2. The minimum absolute atomic E-state index is 0.197. The first kappa shape index (κ1) is 30.1. The molecule has 2 heterocycles. The van der Waals surface area contributed by atoms with Gasteiger partial charge in [-0.25, -0.2) is 0 Å². The Morgan fingerprint density at radius 2 is 1.50 bits per heavy atom. The van der Waals surface area contributed by atoms with Crippen molar-refractivity contribution < 1.29 is 23.9 Å². The Morgan fingerprint density at radius 1 is 0.848 bits per heavy atom. The van der Waals surface area contributed by atoms with Gasteiger partial charge in [0, 0.05) is 28.3 Å². The largest absolute Gasteiger partial charge is 0.497 e. The number of hydrogen-bond acceptors (Lipinski definition) is 5. The SMILES string of the molecule is COc1ccc(N(C(=O)CN2C(=O)C(NC(=O)c3cc4ccccc4[nH]3)C(=O)N(c3ccccc3)c3ccccc32)C(C)C)cc1. The topological polar surface area (TPSA) is 115 Å². The number of methoxy groups -OCH3 is 1. The number of rotatable bonds is 8. The van der Waals surface area contributed by atoms with E-state index in [4.69, 9.17) is 4.74 Å². The van der Waals surface area contributed by atoms with Gasteiger partial charge in [0.1, 0.15) is 18.0 Å². The fourth-order valence-electron chi connectivity index (χ4n) is 5.73. The monoisotopic (exact) mass is 615 g/mol. The van der Waals surface area contributed by atoms with Crippen molar-refractivity contribution in [2.75, 3.05) is 28.4 Å². The molecular formula is C36H33N5O5. The van der Waals surface area contributed by atoms with E-state index >= 15 is 0 Å². The number of nitrogens with zero attached hydrogens (tertiary/aromatic N) is 3. The van der Waals surface area contributed by atoms with Crippen molar-refractivity contribution in [1.82, 2.24) is 10.3 Å². The van der Waals surface area contributed by atoms with E-state index in [-0.39, 0.29) is 24.2 Å². The Balaban J connectivity index is 1.41. The number of carbonyl (C=O) groups is 4. The van der Waals surface area contributed by atoms with E-state index in [1.807, 2.05) is 44.2 Å². The third kappa shape index (κ3) is 5.68. The van der Waals surface area contributed by atoms with Gasteiger partial charge in [-0.15, -0.1) is 0 Å². The van der Waals surface area contributed by atoms with Gasteiger partial charge in [0.25, 0.3) is 17.7 Å². The third-order valence-corrected chi connectivity index (χ3v) is 7.89. The summed E-state index contributed by atoms with van der Waals surface area (Å²) in [5.41, 5.74) is 2.84. The molecule has 0 saturated carbocycles. The number of carbonyl (C=O) groups excluding carboxylic acids is 4. The van der Waals surface area contributed by atoms with Crippen LogP contribution in [0.1, 0.15) is 24.3 Å². The minimum atomic E-state index is -1.63. The molecule has 46 heavy (non-hydrogen) atoms. The third-order valence-electron chi connectivity index (χ3n) is 7.89. The quantitative estimate of drug-likeness (QED) is 0.226. The van der Waals surface area contributed by atoms with Crippen LogP contribution in [0.3, 0.4) is 0 Å². The number of hydrogen-bond donors (Lipinski definition) is 2. The summed E-state index contributed by atoms with van der Waals surface area (Å²) in [5.74, 6) is -1.74. The highest BCUT2D eigenvalue weighted by Gasteiger charge is 2.43. The van der Waals surface area contributed by atoms with Crippen LogP contribution in [0.25, 0.3) is 10.9 Å². The average molecular weight is 616 g/mol.